The molecule has 1 heterocycles. The van der Waals surface area contributed by atoms with Gasteiger partial charge in [-0.15, -0.1) is 0 Å². The SMILES string of the molecule is C[C@H]1CNCCN1CC(C#N)C(F)(F)F. The fourth-order valence-electron chi connectivity index (χ4n) is 1.61. The van der Waals surface area contributed by atoms with Crippen LogP contribution in [0.1, 0.15) is 6.92 Å². The van der Waals surface area contributed by atoms with Crippen molar-refractivity contribution in [3.63, 3.8) is 0 Å². The molecule has 0 aromatic heterocycles. The minimum absolute atomic E-state index is 0.0527. The van der Waals surface area contributed by atoms with E-state index in [0.717, 1.165) is 0 Å². The second kappa shape index (κ2) is 4.81. The number of rotatable bonds is 2. The average Bonchev–Trinajstić information content (AvgIpc) is 2.14. The minimum Gasteiger partial charge on any atom is -0.314 e. The maximum atomic E-state index is 12.3. The maximum absolute atomic E-state index is 12.3. The van der Waals surface area contributed by atoms with E-state index in [9.17, 15) is 13.2 Å². The first kappa shape index (κ1) is 12.3. The van der Waals surface area contributed by atoms with Crippen LogP contribution in [0.4, 0.5) is 13.2 Å². The lowest BCUT2D eigenvalue weighted by Crippen LogP contribution is -2.52. The van der Waals surface area contributed by atoms with Crippen molar-refractivity contribution < 1.29 is 13.2 Å². The van der Waals surface area contributed by atoms with Gasteiger partial charge in [0.2, 0.25) is 0 Å². The third-order valence-electron chi connectivity index (χ3n) is 2.61. The molecule has 1 fully saturated rings. The van der Waals surface area contributed by atoms with E-state index in [1.54, 1.807) is 4.90 Å². The Morgan fingerprint density at radius 1 is 1.60 bits per heavy atom. The summed E-state index contributed by atoms with van der Waals surface area (Å²) in [6, 6.07) is 1.38. The molecule has 1 aliphatic heterocycles. The molecule has 86 valence electrons. The number of alkyl halides is 3. The fraction of sp³-hybridized carbons (Fsp3) is 0.889. The highest BCUT2D eigenvalue weighted by molar-refractivity contribution is 4.92. The molecule has 1 N–H and O–H groups in total. The lowest BCUT2D eigenvalue weighted by atomic mass is 10.1. The minimum atomic E-state index is -4.42. The third-order valence-corrected chi connectivity index (χ3v) is 2.61. The van der Waals surface area contributed by atoms with Gasteiger partial charge in [0.15, 0.2) is 5.92 Å². The van der Waals surface area contributed by atoms with Crippen LogP contribution in [0.2, 0.25) is 0 Å². The second-order valence-electron chi connectivity index (χ2n) is 3.77. The van der Waals surface area contributed by atoms with Crippen molar-refractivity contribution in [2.24, 2.45) is 5.92 Å². The van der Waals surface area contributed by atoms with E-state index in [2.05, 4.69) is 5.32 Å². The Bertz CT molecular complexity index is 246. The van der Waals surface area contributed by atoms with Crippen molar-refractivity contribution in [2.45, 2.75) is 19.1 Å². The number of hydrogen-bond acceptors (Lipinski definition) is 3. The van der Waals surface area contributed by atoms with Crippen LogP contribution in [0.3, 0.4) is 0 Å². The van der Waals surface area contributed by atoms with Crippen LogP contribution in [0.15, 0.2) is 0 Å². The molecule has 0 saturated carbocycles. The van der Waals surface area contributed by atoms with Crippen LogP contribution in [-0.2, 0) is 0 Å². The van der Waals surface area contributed by atoms with Gasteiger partial charge >= 0.3 is 6.18 Å². The first-order valence-electron chi connectivity index (χ1n) is 4.86. The lowest BCUT2D eigenvalue weighted by molar-refractivity contribution is -0.164. The summed E-state index contributed by atoms with van der Waals surface area (Å²) in [6.45, 7) is 3.56. The Morgan fingerprint density at radius 3 is 2.73 bits per heavy atom. The van der Waals surface area contributed by atoms with E-state index in [-0.39, 0.29) is 12.6 Å². The molecule has 0 bridgehead atoms. The van der Waals surface area contributed by atoms with Crippen LogP contribution in [0.5, 0.6) is 0 Å². The molecule has 0 aromatic rings. The number of piperazine rings is 1. The van der Waals surface area contributed by atoms with Crippen molar-refractivity contribution in [3.05, 3.63) is 0 Å². The Hall–Kier alpha value is -0.800. The summed E-state index contributed by atoms with van der Waals surface area (Å²) in [5.41, 5.74) is 0. The predicted molar refractivity (Wildman–Crippen MR) is 49.1 cm³/mol. The van der Waals surface area contributed by atoms with Crippen molar-refractivity contribution >= 4 is 0 Å². The molecule has 1 saturated heterocycles. The molecule has 6 heteroatoms. The van der Waals surface area contributed by atoms with Crippen LogP contribution < -0.4 is 5.32 Å². The zero-order valence-corrected chi connectivity index (χ0v) is 8.51. The lowest BCUT2D eigenvalue weighted by Gasteiger charge is -2.35. The average molecular weight is 221 g/mol. The molecule has 2 atom stereocenters. The van der Waals surface area contributed by atoms with Crippen LogP contribution in [-0.4, -0.2) is 43.3 Å². The Kier molecular flexibility index (Phi) is 3.94. The fourth-order valence-corrected chi connectivity index (χ4v) is 1.61. The normalized spacial score (nSPS) is 25.9. The van der Waals surface area contributed by atoms with E-state index < -0.39 is 12.1 Å². The largest absolute Gasteiger partial charge is 0.405 e. The molecule has 0 aromatic carbocycles. The summed E-state index contributed by atoms with van der Waals surface area (Å²) in [5.74, 6) is -1.88. The summed E-state index contributed by atoms with van der Waals surface area (Å²) >= 11 is 0. The molecule has 0 radical (unpaired) electrons. The number of nitriles is 1. The van der Waals surface area contributed by atoms with Gasteiger partial charge in [-0.1, -0.05) is 0 Å². The van der Waals surface area contributed by atoms with E-state index in [4.69, 9.17) is 5.26 Å². The van der Waals surface area contributed by atoms with E-state index in [1.165, 1.54) is 6.07 Å². The van der Waals surface area contributed by atoms with Crippen molar-refractivity contribution in [2.75, 3.05) is 26.2 Å². The quantitative estimate of drug-likeness (QED) is 0.755. The third kappa shape index (κ3) is 3.36. The standard InChI is InChI=1S/C9H14F3N3/c1-7-5-14-2-3-15(7)6-8(4-13)9(10,11)12/h7-8,14H,2-3,5-6H2,1H3/t7-,8?/m0/s1. The van der Waals surface area contributed by atoms with Crippen LogP contribution >= 0.6 is 0 Å². The van der Waals surface area contributed by atoms with Gasteiger partial charge in [-0.3, -0.25) is 4.90 Å². The number of nitrogens with zero attached hydrogens (tertiary/aromatic N) is 2. The summed E-state index contributed by atoms with van der Waals surface area (Å²) in [6.07, 6.45) is -4.42. The van der Waals surface area contributed by atoms with Crippen molar-refractivity contribution in [1.29, 1.82) is 5.26 Å². The number of nitrogens with one attached hydrogen (secondary N) is 1. The predicted octanol–water partition coefficient (Wildman–Crippen LogP) is 0.982. The van der Waals surface area contributed by atoms with E-state index >= 15 is 0 Å². The van der Waals surface area contributed by atoms with Gasteiger partial charge < -0.3 is 5.32 Å². The Labute approximate surface area is 86.9 Å². The molecule has 1 rings (SSSR count). The molecule has 1 aliphatic rings. The molecule has 0 amide bonds. The van der Waals surface area contributed by atoms with Gasteiger partial charge in [0.25, 0.3) is 0 Å². The van der Waals surface area contributed by atoms with E-state index in [1.807, 2.05) is 6.92 Å². The molecule has 0 aliphatic carbocycles. The molecule has 3 nitrogen and oxygen atoms in total. The summed E-state index contributed by atoms with van der Waals surface area (Å²) in [4.78, 5) is 1.71. The highest BCUT2D eigenvalue weighted by Crippen LogP contribution is 2.26. The van der Waals surface area contributed by atoms with Crippen molar-refractivity contribution in [3.8, 4) is 6.07 Å². The maximum Gasteiger partial charge on any atom is 0.405 e. The highest BCUT2D eigenvalue weighted by atomic mass is 19.4. The summed E-state index contributed by atoms with van der Waals surface area (Å²) < 4.78 is 37.0. The topological polar surface area (TPSA) is 39.1 Å². The zero-order chi connectivity index (χ0) is 11.5. The Morgan fingerprint density at radius 2 is 2.27 bits per heavy atom. The van der Waals surface area contributed by atoms with Gasteiger partial charge in [0, 0.05) is 32.2 Å². The Balaban J connectivity index is 2.55. The van der Waals surface area contributed by atoms with Gasteiger partial charge in [-0.05, 0) is 6.92 Å². The molecular formula is C9H14F3N3. The molecule has 15 heavy (non-hydrogen) atoms. The molecule has 1 unspecified atom stereocenters. The number of hydrogen-bond donors (Lipinski definition) is 1. The summed E-state index contributed by atoms with van der Waals surface area (Å²) in [7, 11) is 0. The monoisotopic (exact) mass is 221 g/mol. The first-order chi connectivity index (χ1) is 6.95. The number of halogens is 3. The van der Waals surface area contributed by atoms with Crippen molar-refractivity contribution in [1.82, 2.24) is 10.2 Å². The zero-order valence-electron chi connectivity index (χ0n) is 8.51. The highest BCUT2D eigenvalue weighted by Gasteiger charge is 2.41. The second-order valence-corrected chi connectivity index (χ2v) is 3.77. The summed E-state index contributed by atoms with van der Waals surface area (Å²) in [5, 5.41) is 11.6. The van der Waals surface area contributed by atoms with Gasteiger partial charge in [-0.2, -0.15) is 18.4 Å². The molecular weight excluding hydrogens is 207 g/mol. The van der Waals surface area contributed by atoms with Gasteiger partial charge in [-0.25, -0.2) is 0 Å². The van der Waals surface area contributed by atoms with Crippen LogP contribution in [0.25, 0.3) is 0 Å². The molecule has 0 spiro atoms. The van der Waals surface area contributed by atoms with E-state index in [0.29, 0.717) is 19.6 Å². The smallest absolute Gasteiger partial charge is 0.314 e. The van der Waals surface area contributed by atoms with Crippen LogP contribution in [0, 0.1) is 17.2 Å². The van der Waals surface area contributed by atoms with Gasteiger partial charge in [0.1, 0.15) is 0 Å². The first-order valence-corrected chi connectivity index (χ1v) is 4.86. The van der Waals surface area contributed by atoms with Gasteiger partial charge in [0.05, 0.1) is 6.07 Å².